The van der Waals surface area contributed by atoms with Crippen molar-refractivity contribution in [2.45, 2.75) is 26.1 Å². The van der Waals surface area contributed by atoms with Crippen molar-refractivity contribution in [3.05, 3.63) is 51.9 Å². The largest absolute Gasteiger partial charge is 0.392 e. The first-order chi connectivity index (χ1) is 9.41. The summed E-state index contributed by atoms with van der Waals surface area (Å²) in [4.78, 5) is 15.0. The minimum absolute atomic E-state index is 0.174. The first kappa shape index (κ1) is 12.9. The minimum atomic E-state index is -0.965. The van der Waals surface area contributed by atoms with Crippen LogP contribution in [0.2, 0.25) is 0 Å². The van der Waals surface area contributed by atoms with Crippen LogP contribution in [-0.4, -0.2) is 19.6 Å². The summed E-state index contributed by atoms with van der Waals surface area (Å²) in [5, 5.41) is 19.3. The highest BCUT2D eigenvalue weighted by molar-refractivity contribution is 5.80. The summed E-state index contributed by atoms with van der Waals surface area (Å²) in [5.74, 6) is 0. The van der Waals surface area contributed by atoms with Gasteiger partial charge in [0, 0.05) is 11.8 Å². The van der Waals surface area contributed by atoms with Gasteiger partial charge in [0.1, 0.15) is 5.52 Å². The van der Waals surface area contributed by atoms with E-state index in [2.05, 4.69) is 4.98 Å². The molecule has 0 aliphatic carbocycles. The number of nitrogens with one attached hydrogen (secondary N) is 1. The molecular formula is C15H16N2O3. The molecule has 0 saturated carbocycles. The van der Waals surface area contributed by atoms with Crippen molar-refractivity contribution in [2.24, 2.45) is 0 Å². The molecule has 0 radical (unpaired) electrons. The van der Waals surface area contributed by atoms with E-state index in [1.807, 2.05) is 12.1 Å². The van der Waals surface area contributed by atoms with E-state index in [0.717, 1.165) is 11.1 Å². The molecule has 0 unspecified atom stereocenters. The molecule has 0 amide bonds. The highest BCUT2D eigenvalue weighted by atomic mass is 16.3. The topological polar surface area (TPSA) is 77.7 Å². The van der Waals surface area contributed by atoms with Crippen LogP contribution in [0.5, 0.6) is 0 Å². The summed E-state index contributed by atoms with van der Waals surface area (Å²) < 4.78 is 1.76. The van der Waals surface area contributed by atoms with Crippen molar-refractivity contribution < 1.29 is 10.2 Å². The molecule has 3 rings (SSSR count). The average Bonchev–Trinajstić information content (AvgIpc) is 2.81. The zero-order valence-corrected chi connectivity index (χ0v) is 11.3. The molecule has 0 aliphatic rings. The number of hydrogen-bond donors (Lipinski definition) is 3. The van der Waals surface area contributed by atoms with Gasteiger partial charge in [-0.2, -0.15) is 0 Å². The fourth-order valence-corrected chi connectivity index (χ4v) is 2.46. The van der Waals surface area contributed by atoms with Crippen LogP contribution in [-0.2, 0) is 12.2 Å². The van der Waals surface area contributed by atoms with Crippen molar-refractivity contribution in [2.75, 3.05) is 0 Å². The van der Waals surface area contributed by atoms with Gasteiger partial charge in [-0.1, -0.05) is 6.07 Å². The molecule has 2 heterocycles. The van der Waals surface area contributed by atoms with Crippen molar-refractivity contribution in [3.8, 4) is 0 Å². The molecule has 5 nitrogen and oxygen atoms in total. The first-order valence-corrected chi connectivity index (χ1v) is 6.41. The summed E-state index contributed by atoms with van der Waals surface area (Å²) in [5.41, 5.74) is 2.05. The Hall–Kier alpha value is -2.11. The maximum atomic E-state index is 12.1. The molecule has 3 aromatic rings. The van der Waals surface area contributed by atoms with Gasteiger partial charge in [-0.05, 0) is 37.6 Å². The molecule has 0 saturated heterocycles. The number of aliphatic hydroxyl groups excluding tert-OH is 1. The van der Waals surface area contributed by atoms with E-state index in [-0.39, 0.29) is 12.2 Å². The number of aromatic amines is 1. The van der Waals surface area contributed by atoms with Gasteiger partial charge in [-0.25, -0.2) is 0 Å². The van der Waals surface area contributed by atoms with Crippen LogP contribution in [0.4, 0.5) is 0 Å². The first-order valence-electron chi connectivity index (χ1n) is 6.41. The lowest BCUT2D eigenvalue weighted by Gasteiger charge is -2.18. The zero-order valence-electron chi connectivity index (χ0n) is 11.3. The molecule has 5 heteroatoms. The third-order valence-electron chi connectivity index (χ3n) is 3.57. The van der Waals surface area contributed by atoms with Gasteiger partial charge in [0.25, 0.3) is 5.56 Å². The van der Waals surface area contributed by atoms with E-state index in [4.69, 9.17) is 0 Å². The third-order valence-corrected chi connectivity index (χ3v) is 3.57. The lowest BCUT2D eigenvalue weighted by atomic mass is 9.98. The van der Waals surface area contributed by atoms with Crippen LogP contribution < -0.4 is 5.56 Å². The number of aromatic nitrogens is 2. The van der Waals surface area contributed by atoms with E-state index in [9.17, 15) is 15.0 Å². The number of hydrogen-bond acceptors (Lipinski definition) is 3. The Bertz CT molecular complexity index is 853. The molecule has 2 aromatic heterocycles. The van der Waals surface area contributed by atoms with Crippen LogP contribution in [0.25, 0.3) is 16.6 Å². The summed E-state index contributed by atoms with van der Waals surface area (Å²) in [6.45, 7) is 3.22. The molecule has 0 atom stereocenters. The second-order valence-corrected chi connectivity index (χ2v) is 5.46. The van der Waals surface area contributed by atoms with E-state index >= 15 is 0 Å². The number of nitrogens with zero attached hydrogens (tertiary/aromatic N) is 1. The van der Waals surface area contributed by atoms with Crippen LogP contribution in [0, 0.1) is 0 Å². The summed E-state index contributed by atoms with van der Waals surface area (Å²) in [6, 6.07) is 7.19. The predicted octanol–water partition coefficient (Wildman–Crippen LogP) is 1.50. The Balaban J connectivity index is 2.40. The number of H-pyrrole nitrogens is 1. The lowest BCUT2D eigenvalue weighted by molar-refractivity contribution is 0.0787. The Morgan fingerprint density at radius 1 is 1.30 bits per heavy atom. The number of aliphatic hydroxyl groups is 2. The van der Waals surface area contributed by atoms with Gasteiger partial charge in [0.05, 0.1) is 23.2 Å². The van der Waals surface area contributed by atoms with Crippen molar-refractivity contribution in [1.82, 2.24) is 9.38 Å². The Labute approximate surface area is 115 Å². The van der Waals surface area contributed by atoms with Gasteiger partial charge in [-0.15, -0.1) is 0 Å². The van der Waals surface area contributed by atoms with E-state index in [1.54, 1.807) is 36.6 Å². The number of benzene rings is 1. The number of fused-ring (bicyclic) bond motifs is 3. The third kappa shape index (κ3) is 1.83. The van der Waals surface area contributed by atoms with Crippen LogP contribution in [0.1, 0.15) is 25.0 Å². The maximum absolute atomic E-state index is 12.1. The van der Waals surface area contributed by atoms with Gasteiger partial charge in [0.2, 0.25) is 0 Å². The lowest BCUT2D eigenvalue weighted by Crippen LogP contribution is -2.16. The van der Waals surface area contributed by atoms with Crippen molar-refractivity contribution in [3.63, 3.8) is 0 Å². The summed E-state index contributed by atoms with van der Waals surface area (Å²) in [6.07, 6.45) is 1.77. The fraction of sp³-hybridized carbons (Fsp3) is 0.267. The van der Waals surface area contributed by atoms with Crippen LogP contribution >= 0.6 is 0 Å². The van der Waals surface area contributed by atoms with Crippen molar-refractivity contribution in [1.29, 1.82) is 0 Å². The molecular weight excluding hydrogens is 256 g/mol. The van der Waals surface area contributed by atoms with Gasteiger partial charge in [-0.3, -0.25) is 4.79 Å². The Kier molecular flexibility index (Phi) is 2.70. The molecule has 20 heavy (non-hydrogen) atoms. The Morgan fingerprint density at radius 2 is 2.05 bits per heavy atom. The average molecular weight is 272 g/mol. The van der Waals surface area contributed by atoms with Crippen LogP contribution in [0.3, 0.4) is 0 Å². The monoisotopic (exact) mass is 272 g/mol. The number of rotatable bonds is 2. The van der Waals surface area contributed by atoms with Gasteiger partial charge < -0.3 is 19.6 Å². The van der Waals surface area contributed by atoms with Gasteiger partial charge >= 0.3 is 0 Å². The smallest absolute Gasteiger partial charge is 0.273 e. The maximum Gasteiger partial charge on any atom is 0.273 e. The second kappa shape index (κ2) is 4.19. The molecule has 0 bridgehead atoms. The zero-order chi connectivity index (χ0) is 14.5. The van der Waals surface area contributed by atoms with Crippen LogP contribution in [0.15, 0.2) is 35.3 Å². The highest BCUT2D eigenvalue weighted by Crippen LogP contribution is 2.24. The summed E-state index contributed by atoms with van der Waals surface area (Å²) in [7, 11) is 0. The normalized spacial score (nSPS) is 12.4. The fourth-order valence-electron chi connectivity index (χ4n) is 2.46. The molecule has 0 spiro atoms. The van der Waals surface area contributed by atoms with Gasteiger partial charge in [0.15, 0.2) is 0 Å². The second-order valence-electron chi connectivity index (χ2n) is 5.46. The predicted molar refractivity (Wildman–Crippen MR) is 76.7 cm³/mol. The summed E-state index contributed by atoms with van der Waals surface area (Å²) >= 11 is 0. The standard InChI is InChI=1S/C15H16N2O3/c1-15(2,20)10-3-4-12-11(7-10)16-14(19)13-9(8-18)5-6-17(12)13/h3-7,18,20H,8H2,1-2H3,(H,16,19). The van der Waals surface area contributed by atoms with E-state index in [0.29, 0.717) is 16.6 Å². The molecule has 1 aromatic carbocycles. The van der Waals surface area contributed by atoms with Crippen molar-refractivity contribution >= 4 is 16.6 Å². The molecule has 3 N–H and O–H groups in total. The molecule has 0 fully saturated rings. The highest BCUT2D eigenvalue weighted by Gasteiger charge is 2.17. The Morgan fingerprint density at radius 3 is 2.70 bits per heavy atom. The quantitative estimate of drug-likeness (QED) is 0.661. The minimum Gasteiger partial charge on any atom is -0.392 e. The molecule has 0 aliphatic heterocycles. The van der Waals surface area contributed by atoms with E-state index in [1.165, 1.54) is 0 Å². The SMILES string of the molecule is CC(C)(O)c1ccc2c(c1)[nH]c(=O)c1c(CO)ccn12. The molecule has 104 valence electrons. The van der Waals surface area contributed by atoms with E-state index < -0.39 is 5.60 Å².